The van der Waals surface area contributed by atoms with E-state index in [0.717, 1.165) is 0 Å². The summed E-state index contributed by atoms with van der Waals surface area (Å²) in [6.45, 7) is 2.09. The van der Waals surface area contributed by atoms with Crippen molar-refractivity contribution in [3.63, 3.8) is 0 Å². The van der Waals surface area contributed by atoms with E-state index in [0.29, 0.717) is 0 Å². The van der Waals surface area contributed by atoms with Crippen LogP contribution in [0.3, 0.4) is 0 Å². The van der Waals surface area contributed by atoms with Crippen LogP contribution >= 0.6 is 0 Å². The van der Waals surface area contributed by atoms with Gasteiger partial charge in [-0.1, -0.05) is 60.7 Å². The molecular weight excluding hydrogens is 260 g/mol. The Bertz CT molecular complexity index is 884. The molecule has 0 radical (unpaired) electrons. The van der Waals surface area contributed by atoms with E-state index in [1.54, 1.807) is 0 Å². The fourth-order valence-electron chi connectivity index (χ4n) is 3.79. The molecule has 0 saturated heterocycles. The summed E-state index contributed by atoms with van der Waals surface area (Å²) in [6.07, 6.45) is -0.135. The van der Waals surface area contributed by atoms with Crippen LogP contribution in [0, 0.1) is 0 Å². The number of fused-ring (bicyclic) bond motifs is 2. The van der Waals surface area contributed by atoms with Gasteiger partial charge in [-0.25, -0.2) is 9.78 Å². The topological polar surface area (TPSA) is 18.5 Å². The summed E-state index contributed by atoms with van der Waals surface area (Å²) < 4.78 is 0. The number of benzene rings is 3. The van der Waals surface area contributed by atoms with Crippen LogP contribution in [0.25, 0.3) is 10.8 Å². The van der Waals surface area contributed by atoms with Gasteiger partial charge in [0.05, 0.1) is 0 Å². The fourth-order valence-corrected chi connectivity index (χ4v) is 3.79. The summed E-state index contributed by atoms with van der Waals surface area (Å²) in [5, 5.41) is 2.50. The second-order valence-corrected chi connectivity index (χ2v) is 5.93. The molecule has 2 bridgehead atoms. The molecule has 2 heteroatoms. The van der Waals surface area contributed by atoms with Crippen molar-refractivity contribution >= 4 is 10.8 Å². The Kier molecular flexibility index (Phi) is 2.04. The molecule has 0 saturated carbocycles. The molecule has 2 heterocycles. The molecular formula is C19H14O2. The molecule has 21 heavy (non-hydrogen) atoms. The molecule has 102 valence electrons. The summed E-state index contributed by atoms with van der Waals surface area (Å²) in [5.41, 5.74) is 4.38. The first kappa shape index (κ1) is 11.5. The lowest BCUT2D eigenvalue weighted by molar-refractivity contribution is -0.392. The van der Waals surface area contributed by atoms with Crippen molar-refractivity contribution in [3.8, 4) is 0 Å². The zero-order valence-electron chi connectivity index (χ0n) is 11.7. The summed E-state index contributed by atoms with van der Waals surface area (Å²) in [7, 11) is 0. The van der Waals surface area contributed by atoms with Crippen molar-refractivity contribution in [1.29, 1.82) is 0 Å². The molecule has 3 aliphatic rings. The lowest BCUT2D eigenvalue weighted by Crippen LogP contribution is -2.41. The van der Waals surface area contributed by atoms with Crippen LogP contribution in [0.15, 0.2) is 60.7 Å². The number of hydrogen-bond donors (Lipinski definition) is 0. The lowest BCUT2D eigenvalue weighted by atomic mass is 9.72. The molecule has 2 atom stereocenters. The Morgan fingerprint density at radius 1 is 0.857 bits per heavy atom. The maximum absolute atomic E-state index is 5.77. The van der Waals surface area contributed by atoms with E-state index in [1.807, 2.05) is 0 Å². The lowest BCUT2D eigenvalue weighted by Gasteiger charge is -2.45. The van der Waals surface area contributed by atoms with E-state index in [-0.39, 0.29) is 6.10 Å². The Labute approximate surface area is 122 Å². The van der Waals surface area contributed by atoms with Crippen molar-refractivity contribution in [1.82, 2.24) is 0 Å². The minimum absolute atomic E-state index is 0.135. The molecule has 0 aromatic heterocycles. The fraction of sp³-hybridized carbons (Fsp3) is 0.158. The third-order valence-electron chi connectivity index (χ3n) is 4.82. The monoisotopic (exact) mass is 274 g/mol. The smallest absolute Gasteiger partial charge is 0.151 e. The molecule has 3 aromatic carbocycles. The standard InChI is InChI=1S/C19H14O2/c1-19-15-9-5-4-8-14(15)18(20-21-19)17-13-7-3-2-6-12(13)10-11-16(17)19/h2-11,18H,1H3/t18-,19-/m0/s1. The molecule has 0 amide bonds. The van der Waals surface area contributed by atoms with Gasteiger partial charge in [-0.15, -0.1) is 0 Å². The van der Waals surface area contributed by atoms with Crippen LogP contribution in [0.2, 0.25) is 0 Å². The number of hydrogen-bond acceptors (Lipinski definition) is 2. The quantitative estimate of drug-likeness (QED) is 0.563. The SMILES string of the molecule is C[C@]12OO[C@@H](c3ccccc31)c1c2ccc2ccccc12. The zero-order chi connectivity index (χ0) is 14.0. The maximum Gasteiger partial charge on any atom is 0.151 e. The number of rotatable bonds is 0. The highest BCUT2D eigenvalue weighted by Crippen LogP contribution is 2.54. The van der Waals surface area contributed by atoms with Gasteiger partial charge in [0.1, 0.15) is 6.10 Å². The predicted octanol–water partition coefficient (Wildman–Crippen LogP) is 4.47. The van der Waals surface area contributed by atoms with E-state index in [4.69, 9.17) is 9.78 Å². The first-order valence-electron chi connectivity index (χ1n) is 7.25. The highest BCUT2D eigenvalue weighted by Gasteiger charge is 2.49. The molecule has 0 spiro atoms. The first-order chi connectivity index (χ1) is 10.3. The van der Waals surface area contributed by atoms with Crippen LogP contribution < -0.4 is 0 Å². The third kappa shape index (κ3) is 1.29. The van der Waals surface area contributed by atoms with Crippen molar-refractivity contribution in [3.05, 3.63) is 82.9 Å². The van der Waals surface area contributed by atoms with Gasteiger partial charge in [-0.3, -0.25) is 0 Å². The van der Waals surface area contributed by atoms with Crippen LogP contribution in [0.5, 0.6) is 0 Å². The normalized spacial score (nSPS) is 25.7. The van der Waals surface area contributed by atoms with Gasteiger partial charge in [0.25, 0.3) is 0 Å². The van der Waals surface area contributed by atoms with Crippen LogP contribution in [-0.4, -0.2) is 0 Å². The van der Waals surface area contributed by atoms with Gasteiger partial charge < -0.3 is 0 Å². The Balaban J connectivity index is 1.94. The van der Waals surface area contributed by atoms with Crippen LogP contribution in [0.4, 0.5) is 0 Å². The summed E-state index contributed by atoms with van der Waals surface area (Å²) in [6, 6.07) is 21.2. The van der Waals surface area contributed by atoms with Gasteiger partial charge in [0.2, 0.25) is 0 Å². The Morgan fingerprint density at radius 2 is 1.67 bits per heavy atom. The van der Waals surface area contributed by atoms with Crippen LogP contribution in [-0.2, 0) is 15.4 Å². The second-order valence-electron chi connectivity index (χ2n) is 5.93. The molecule has 0 fully saturated rings. The zero-order valence-corrected chi connectivity index (χ0v) is 11.7. The molecule has 3 aromatic rings. The molecule has 1 aliphatic carbocycles. The van der Waals surface area contributed by atoms with E-state index in [2.05, 4.69) is 67.6 Å². The summed E-state index contributed by atoms with van der Waals surface area (Å²) in [4.78, 5) is 11.5. The van der Waals surface area contributed by atoms with Crippen molar-refractivity contribution < 1.29 is 9.78 Å². The van der Waals surface area contributed by atoms with Gasteiger partial charge in [0, 0.05) is 5.56 Å². The predicted molar refractivity (Wildman–Crippen MR) is 80.9 cm³/mol. The van der Waals surface area contributed by atoms with E-state index >= 15 is 0 Å². The second kappa shape index (κ2) is 3.73. The first-order valence-corrected chi connectivity index (χ1v) is 7.25. The van der Waals surface area contributed by atoms with Crippen molar-refractivity contribution in [2.24, 2.45) is 0 Å². The average Bonchev–Trinajstić information content (AvgIpc) is 2.55. The van der Waals surface area contributed by atoms with Crippen molar-refractivity contribution in [2.75, 3.05) is 0 Å². The molecule has 2 nitrogen and oxygen atoms in total. The molecule has 0 unspecified atom stereocenters. The van der Waals surface area contributed by atoms with E-state index < -0.39 is 5.60 Å². The average molecular weight is 274 g/mol. The molecule has 0 N–H and O–H groups in total. The maximum atomic E-state index is 5.77. The van der Waals surface area contributed by atoms with E-state index in [1.165, 1.54) is 33.0 Å². The van der Waals surface area contributed by atoms with Gasteiger partial charge >= 0.3 is 0 Å². The minimum atomic E-state index is -0.523. The highest BCUT2D eigenvalue weighted by molar-refractivity contribution is 5.89. The largest absolute Gasteiger partial charge is 0.222 e. The molecule has 2 aliphatic heterocycles. The highest BCUT2D eigenvalue weighted by atomic mass is 17.2. The van der Waals surface area contributed by atoms with Gasteiger partial charge in [-0.05, 0) is 34.4 Å². The van der Waals surface area contributed by atoms with E-state index in [9.17, 15) is 0 Å². The minimum Gasteiger partial charge on any atom is -0.222 e. The summed E-state index contributed by atoms with van der Waals surface area (Å²) in [5.74, 6) is 0. The van der Waals surface area contributed by atoms with Crippen molar-refractivity contribution in [2.45, 2.75) is 18.6 Å². The van der Waals surface area contributed by atoms with Gasteiger partial charge in [0.15, 0.2) is 5.60 Å². The Hall–Kier alpha value is -2.16. The summed E-state index contributed by atoms with van der Waals surface area (Å²) >= 11 is 0. The Morgan fingerprint density at radius 3 is 2.62 bits per heavy atom. The van der Waals surface area contributed by atoms with Gasteiger partial charge in [-0.2, -0.15) is 0 Å². The van der Waals surface area contributed by atoms with Crippen LogP contribution in [0.1, 0.15) is 35.3 Å². The third-order valence-corrected chi connectivity index (χ3v) is 4.82. The molecule has 6 rings (SSSR count).